The minimum atomic E-state index is -5.25. The summed E-state index contributed by atoms with van der Waals surface area (Å²) >= 11 is 0. The van der Waals surface area contributed by atoms with Crippen molar-refractivity contribution in [3.05, 3.63) is 36.4 Å². The molecule has 188 valence electrons. The van der Waals surface area contributed by atoms with E-state index in [1.54, 1.807) is 0 Å². The number of rotatable bonds is 9. The third-order valence-electron chi connectivity index (χ3n) is 5.81. The molecule has 0 aromatic heterocycles. The zero-order valence-electron chi connectivity index (χ0n) is 21.3. The van der Waals surface area contributed by atoms with Crippen LogP contribution < -0.4 is 93.4 Å². The Kier molecular flexibility index (Phi) is 13.1. The standard InChI is InChI=1S/C22H22O10S3.3Na/c1-2-3-4-5-10-32-17-11-18(33(23,24)25)14-8-9-16-20(35(29,30)31)12-19(34(26,27)28)15-7-6-13(17)21(14)22(15)16;;;/h6-9,11-12H,2-5,10H2,1H3,(H,23,24,25)(H,26,27,28)(H,29,30,31);;;/q;3*+1/p-3. The van der Waals surface area contributed by atoms with Gasteiger partial charge in [0.1, 0.15) is 36.1 Å². The van der Waals surface area contributed by atoms with Crippen molar-refractivity contribution in [1.82, 2.24) is 0 Å². The minimum absolute atomic E-state index is 0. The van der Waals surface area contributed by atoms with Crippen LogP contribution >= 0.6 is 0 Å². The molecule has 0 amide bonds. The van der Waals surface area contributed by atoms with Crippen molar-refractivity contribution < 1.29 is 132 Å². The second-order valence-corrected chi connectivity index (χ2v) is 12.1. The maximum Gasteiger partial charge on any atom is 1.00 e. The molecule has 0 atom stereocenters. The van der Waals surface area contributed by atoms with Crippen LogP contribution in [0.15, 0.2) is 51.1 Å². The van der Waals surface area contributed by atoms with Crippen LogP contribution in [0.25, 0.3) is 32.3 Å². The van der Waals surface area contributed by atoms with E-state index in [-0.39, 0.29) is 133 Å². The van der Waals surface area contributed by atoms with E-state index in [0.717, 1.165) is 31.4 Å². The number of hydrogen-bond donors (Lipinski definition) is 0. The second kappa shape index (κ2) is 13.6. The van der Waals surface area contributed by atoms with Gasteiger partial charge in [-0.15, -0.1) is 0 Å². The van der Waals surface area contributed by atoms with Gasteiger partial charge in [-0.05, 0) is 24.6 Å². The van der Waals surface area contributed by atoms with E-state index in [9.17, 15) is 38.9 Å². The Labute approximate surface area is 287 Å². The van der Waals surface area contributed by atoms with Gasteiger partial charge in [-0.25, -0.2) is 25.3 Å². The van der Waals surface area contributed by atoms with E-state index in [0.29, 0.717) is 12.5 Å². The van der Waals surface area contributed by atoms with Gasteiger partial charge in [-0.3, -0.25) is 0 Å². The van der Waals surface area contributed by atoms with E-state index in [1.165, 1.54) is 18.2 Å². The Hall–Kier alpha value is 0.450. The predicted molar refractivity (Wildman–Crippen MR) is 124 cm³/mol. The van der Waals surface area contributed by atoms with Gasteiger partial charge >= 0.3 is 88.7 Å². The summed E-state index contributed by atoms with van der Waals surface area (Å²) in [7, 11) is -15.5. The Bertz CT molecular complexity index is 1740. The van der Waals surface area contributed by atoms with Crippen LogP contribution in [-0.2, 0) is 30.4 Å². The fourth-order valence-corrected chi connectivity index (χ4v) is 6.49. The monoisotopic (exact) mass is 608 g/mol. The summed E-state index contributed by atoms with van der Waals surface area (Å²) in [5.74, 6) is 0.0136. The molecule has 0 fully saturated rings. The Morgan fingerprint density at radius 3 is 1.42 bits per heavy atom. The fourth-order valence-electron chi connectivity index (χ4n) is 4.32. The Balaban J connectivity index is 0.00000241. The molecular formula is C22H19Na3O10S3. The van der Waals surface area contributed by atoms with Crippen LogP contribution in [0.4, 0.5) is 0 Å². The summed E-state index contributed by atoms with van der Waals surface area (Å²) in [6, 6.07) is 6.50. The van der Waals surface area contributed by atoms with Crippen molar-refractivity contribution in [2.45, 2.75) is 47.3 Å². The second-order valence-electron chi connectivity index (χ2n) is 8.09. The van der Waals surface area contributed by atoms with E-state index >= 15 is 0 Å². The zero-order chi connectivity index (χ0) is 25.8. The van der Waals surface area contributed by atoms with Gasteiger partial charge in [0, 0.05) is 32.3 Å². The maximum atomic E-state index is 12.1. The van der Waals surface area contributed by atoms with E-state index in [4.69, 9.17) is 4.74 Å². The molecule has 0 bridgehead atoms. The molecule has 0 unspecified atom stereocenters. The maximum absolute atomic E-state index is 12.1. The summed E-state index contributed by atoms with van der Waals surface area (Å²) in [6.45, 7) is 2.22. The average molecular weight is 609 g/mol. The van der Waals surface area contributed by atoms with Crippen LogP contribution in [0, 0.1) is 0 Å². The number of benzene rings is 4. The SMILES string of the molecule is CCCCCCOc1cc(S(=O)(=O)[O-])c2ccc3c(S(=O)(=O)[O-])cc(S(=O)(=O)[O-])c4ccc1c2c43.[Na+].[Na+].[Na+]. The summed E-state index contributed by atoms with van der Waals surface area (Å²) in [5.41, 5.74) is 0. The normalized spacial score (nSPS) is 12.2. The molecule has 0 radical (unpaired) electrons. The molecule has 38 heavy (non-hydrogen) atoms. The third-order valence-corrected chi connectivity index (χ3v) is 8.44. The van der Waals surface area contributed by atoms with Gasteiger partial charge in [-0.1, -0.05) is 44.4 Å². The van der Waals surface area contributed by atoms with Gasteiger partial charge in [0.05, 0.1) is 21.3 Å². The van der Waals surface area contributed by atoms with Crippen LogP contribution in [0.2, 0.25) is 0 Å². The summed E-state index contributed by atoms with van der Waals surface area (Å²) in [5, 5.41) is -0.440. The van der Waals surface area contributed by atoms with Crippen molar-refractivity contribution in [3.8, 4) is 5.75 Å². The first kappa shape index (κ1) is 36.5. The molecule has 0 saturated carbocycles. The molecule has 0 heterocycles. The number of unbranched alkanes of at least 4 members (excludes halogenated alkanes) is 3. The first-order valence-electron chi connectivity index (χ1n) is 10.5. The van der Waals surface area contributed by atoms with E-state index < -0.39 is 45.0 Å². The molecule has 16 heteroatoms. The molecule has 10 nitrogen and oxygen atoms in total. The molecule has 0 aliphatic rings. The molecule has 0 aliphatic heterocycles. The molecule has 0 saturated heterocycles. The molecular weight excluding hydrogens is 589 g/mol. The number of hydrogen-bond acceptors (Lipinski definition) is 10. The van der Waals surface area contributed by atoms with Crippen LogP contribution in [0.5, 0.6) is 5.75 Å². The topological polar surface area (TPSA) is 181 Å². The first-order chi connectivity index (χ1) is 16.2. The van der Waals surface area contributed by atoms with Crippen molar-refractivity contribution in [2.24, 2.45) is 0 Å². The van der Waals surface area contributed by atoms with Gasteiger partial charge < -0.3 is 18.4 Å². The fraction of sp³-hybridized carbons (Fsp3) is 0.273. The van der Waals surface area contributed by atoms with E-state index in [1.807, 2.05) is 6.92 Å². The molecule has 4 aromatic rings. The van der Waals surface area contributed by atoms with Crippen molar-refractivity contribution in [3.63, 3.8) is 0 Å². The van der Waals surface area contributed by atoms with Gasteiger partial charge in [0.25, 0.3) is 0 Å². The molecule has 4 aromatic carbocycles. The zero-order valence-corrected chi connectivity index (χ0v) is 29.8. The quantitative estimate of drug-likeness (QED) is 0.0769. The van der Waals surface area contributed by atoms with Crippen molar-refractivity contribution in [1.29, 1.82) is 0 Å². The Morgan fingerprint density at radius 2 is 1.00 bits per heavy atom. The molecule has 0 aliphatic carbocycles. The Morgan fingerprint density at radius 1 is 0.605 bits per heavy atom. The smallest absolute Gasteiger partial charge is 0.744 e. The molecule has 4 rings (SSSR count). The van der Waals surface area contributed by atoms with Gasteiger partial charge in [-0.2, -0.15) is 0 Å². The molecule has 0 N–H and O–H groups in total. The minimum Gasteiger partial charge on any atom is -0.744 e. The van der Waals surface area contributed by atoms with Crippen molar-refractivity contribution >= 4 is 62.7 Å². The largest absolute Gasteiger partial charge is 1.00 e. The molecule has 0 spiro atoms. The number of ether oxygens (including phenoxy) is 1. The van der Waals surface area contributed by atoms with Crippen LogP contribution in [0.1, 0.15) is 32.6 Å². The van der Waals surface area contributed by atoms with Gasteiger partial charge in [0.2, 0.25) is 0 Å². The first-order valence-corrected chi connectivity index (χ1v) is 14.8. The predicted octanol–water partition coefficient (Wildman–Crippen LogP) is -5.73. The average Bonchev–Trinajstić information content (AvgIpc) is 2.74. The van der Waals surface area contributed by atoms with Crippen molar-refractivity contribution in [2.75, 3.05) is 6.61 Å². The van der Waals surface area contributed by atoms with Gasteiger partial charge in [0.15, 0.2) is 0 Å². The van der Waals surface area contributed by atoms with Crippen LogP contribution in [0.3, 0.4) is 0 Å². The van der Waals surface area contributed by atoms with E-state index in [2.05, 4.69) is 0 Å². The third kappa shape index (κ3) is 7.26. The summed E-state index contributed by atoms with van der Waals surface area (Å²) < 4.78 is 114. The summed E-state index contributed by atoms with van der Waals surface area (Å²) in [6.07, 6.45) is 3.44. The van der Waals surface area contributed by atoms with Crippen LogP contribution in [-0.4, -0.2) is 45.5 Å². The summed E-state index contributed by atoms with van der Waals surface area (Å²) in [4.78, 5) is -2.57.